The number of aromatic amines is 1. The quantitative estimate of drug-likeness (QED) is 0.328. The number of carbonyl (C=O) groups is 1. The molecule has 1 atom stereocenters. The molecule has 9 heteroatoms. The summed E-state index contributed by atoms with van der Waals surface area (Å²) >= 11 is 1.43. The summed E-state index contributed by atoms with van der Waals surface area (Å²) in [5, 5.41) is 14.8. The lowest BCUT2D eigenvalue weighted by Crippen LogP contribution is -2.37. The molecule has 2 heterocycles. The number of non-ortho nitro benzene ring substituents is 1. The molecule has 0 unspecified atom stereocenters. The van der Waals surface area contributed by atoms with Crippen LogP contribution in [0.5, 0.6) is 0 Å². The Bertz CT molecular complexity index is 1130. The highest BCUT2D eigenvalue weighted by Crippen LogP contribution is 2.47. The number of ketones is 1. The zero-order valence-corrected chi connectivity index (χ0v) is 17.8. The predicted octanol–water partition coefficient (Wildman–Crippen LogP) is 3.99. The lowest BCUT2D eigenvalue weighted by Gasteiger charge is -2.38. The highest BCUT2D eigenvalue weighted by Gasteiger charge is 2.42. The molecular weight excluding hydrogens is 404 g/mol. The van der Waals surface area contributed by atoms with E-state index in [1.54, 1.807) is 12.1 Å². The molecule has 1 aromatic carbocycles. The molecule has 0 saturated carbocycles. The number of aromatic nitrogens is 2. The highest BCUT2D eigenvalue weighted by atomic mass is 32.2. The van der Waals surface area contributed by atoms with E-state index >= 15 is 0 Å². The van der Waals surface area contributed by atoms with E-state index in [-0.39, 0.29) is 22.4 Å². The Morgan fingerprint density at radius 3 is 2.57 bits per heavy atom. The van der Waals surface area contributed by atoms with E-state index < -0.39 is 10.8 Å². The number of carbonyl (C=O) groups excluding carboxylic acids is 1. The van der Waals surface area contributed by atoms with Gasteiger partial charge in [0, 0.05) is 35.7 Å². The summed E-state index contributed by atoms with van der Waals surface area (Å²) < 4.78 is 0. The lowest BCUT2D eigenvalue weighted by atomic mass is 9.69. The SMILES string of the molecule is CCSc1nc2c(c(=O)[nH]1)[C@@H](c1ccc([N+](=O)[O-])cc1)C1=C(CC(C)(C)CC1=O)N2. The van der Waals surface area contributed by atoms with Crippen LogP contribution >= 0.6 is 11.8 Å². The van der Waals surface area contributed by atoms with Crippen molar-refractivity contribution in [2.45, 2.75) is 44.7 Å². The smallest absolute Gasteiger partial charge is 0.269 e. The van der Waals surface area contributed by atoms with Crippen molar-refractivity contribution in [3.63, 3.8) is 0 Å². The molecule has 0 saturated heterocycles. The van der Waals surface area contributed by atoms with Gasteiger partial charge in [0.1, 0.15) is 5.82 Å². The Kier molecular flexibility index (Phi) is 5.01. The summed E-state index contributed by atoms with van der Waals surface area (Å²) in [5.41, 5.74) is 1.80. The van der Waals surface area contributed by atoms with Crippen LogP contribution in [0.15, 0.2) is 45.5 Å². The lowest BCUT2D eigenvalue weighted by molar-refractivity contribution is -0.384. The molecular formula is C21H22N4O4S. The number of nitro groups is 1. The van der Waals surface area contributed by atoms with Crippen LogP contribution in [0.4, 0.5) is 11.5 Å². The number of benzene rings is 1. The maximum Gasteiger partial charge on any atom is 0.269 e. The van der Waals surface area contributed by atoms with E-state index in [4.69, 9.17) is 0 Å². The summed E-state index contributed by atoms with van der Waals surface area (Å²) in [6, 6.07) is 6.03. The van der Waals surface area contributed by atoms with Crippen molar-refractivity contribution >= 4 is 29.1 Å². The summed E-state index contributed by atoms with van der Waals surface area (Å²) in [4.78, 5) is 44.2. The van der Waals surface area contributed by atoms with Crippen molar-refractivity contribution in [3.8, 4) is 0 Å². The van der Waals surface area contributed by atoms with Gasteiger partial charge >= 0.3 is 0 Å². The van der Waals surface area contributed by atoms with Crippen LogP contribution in [0, 0.1) is 15.5 Å². The van der Waals surface area contributed by atoms with Crippen LogP contribution in [0.1, 0.15) is 50.7 Å². The molecule has 2 aliphatic rings. The van der Waals surface area contributed by atoms with Gasteiger partial charge in [-0.25, -0.2) is 4.98 Å². The number of hydrogen-bond donors (Lipinski definition) is 2. The number of allylic oxidation sites excluding steroid dienone is 2. The van der Waals surface area contributed by atoms with Crippen LogP contribution in [0.2, 0.25) is 0 Å². The Hall–Kier alpha value is -2.94. The molecule has 1 aliphatic heterocycles. The third-order valence-electron chi connectivity index (χ3n) is 5.42. The zero-order chi connectivity index (χ0) is 21.6. The minimum atomic E-state index is -0.613. The molecule has 2 aromatic rings. The van der Waals surface area contributed by atoms with Gasteiger partial charge in [0.05, 0.1) is 10.5 Å². The number of nitrogens with zero attached hydrogens (tertiary/aromatic N) is 2. The first-order valence-corrected chi connectivity index (χ1v) is 10.7. The number of thioether (sulfide) groups is 1. The first kappa shape index (κ1) is 20.3. The number of H-pyrrole nitrogens is 1. The average Bonchev–Trinajstić information content (AvgIpc) is 2.65. The van der Waals surface area contributed by atoms with Gasteiger partial charge in [-0.1, -0.05) is 44.7 Å². The molecule has 0 fully saturated rings. The van der Waals surface area contributed by atoms with E-state index in [0.717, 1.165) is 11.4 Å². The fraction of sp³-hybridized carbons (Fsp3) is 0.381. The van der Waals surface area contributed by atoms with Crippen LogP contribution in [-0.4, -0.2) is 26.4 Å². The van der Waals surface area contributed by atoms with Gasteiger partial charge in [-0.15, -0.1) is 0 Å². The molecule has 1 aliphatic carbocycles. The van der Waals surface area contributed by atoms with E-state index in [2.05, 4.69) is 15.3 Å². The van der Waals surface area contributed by atoms with Crippen molar-refractivity contribution in [3.05, 3.63) is 67.1 Å². The second-order valence-electron chi connectivity index (χ2n) is 8.31. The minimum absolute atomic E-state index is 0.0193. The predicted molar refractivity (Wildman–Crippen MR) is 115 cm³/mol. The average molecular weight is 426 g/mol. The second kappa shape index (κ2) is 7.39. The number of hydrogen-bond acceptors (Lipinski definition) is 7. The number of anilines is 1. The fourth-order valence-electron chi connectivity index (χ4n) is 4.22. The zero-order valence-electron chi connectivity index (χ0n) is 16.9. The highest BCUT2D eigenvalue weighted by molar-refractivity contribution is 7.99. The molecule has 156 valence electrons. The standard InChI is InChI=1S/C21H22N4O4S/c1-4-30-20-23-18-17(19(27)24-20)15(11-5-7-12(8-6-11)25(28)29)16-13(22-18)9-21(2,3)10-14(16)26/h5-8,15H,4,9-10H2,1-3H3,(H2,22,23,24,27)/t15-/m0/s1. The fourth-order valence-corrected chi connectivity index (χ4v) is 4.81. The Balaban J connectivity index is 1.93. The number of nitrogens with one attached hydrogen (secondary N) is 2. The van der Waals surface area contributed by atoms with E-state index in [0.29, 0.717) is 40.5 Å². The van der Waals surface area contributed by atoms with Gasteiger partial charge < -0.3 is 10.3 Å². The summed E-state index contributed by atoms with van der Waals surface area (Å²) in [6.45, 7) is 6.05. The van der Waals surface area contributed by atoms with Crippen LogP contribution in [-0.2, 0) is 4.79 Å². The first-order valence-electron chi connectivity index (χ1n) is 9.75. The maximum atomic E-state index is 13.2. The van der Waals surface area contributed by atoms with E-state index in [1.165, 1.54) is 23.9 Å². The van der Waals surface area contributed by atoms with Crippen molar-refractivity contribution in [2.24, 2.45) is 5.41 Å². The van der Waals surface area contributed by atoms with Gasteiger partial charge in [0.25, 0.3) is 11.2 Å². The topological polar surface area (TPSA) is 118 Å². The number of fused-ring (bicyclic) bond motifs is 1. The Morgan fingerprint density at radius 2 is 1.93 bits per heavy atom. The Labute approximate surface area is 177 Å². The molecule has 8 nitrogen and oxygen atoms in total. The molecule has 2 N–H and O–H groups in total. The molecule has 4 rings (SSSR count). The largest absolute Gasteiger partial charge is 0.343 e. The Morgan fingerprint density at radius 1 is 1.23 bits per heavy atom. The molecule has 0 radical (unpaired) electrons. The van der Waals surface area contributed by atoms with Gasteiger partial charge in [-0.2, -0.15) is 0 Å². The number of rotatable bonds is 4. The third kappa shape index (κ3) is 3.54. The van der Waals surface area contributed by atoms with Crippen LogP contribution < -0.4 is 10.9 Å². The van der Waals surface area contributed by atoms with Crippen LogP contribution in [0.25, 0.3) is 0 Å². The van der Waals surface area contributed by atoms with Crippen molar-refractivity contribution < 1.29 is 9.72 Å². The summed E-state index contributed by atoms with van der Waals surface area (Å²) in [5.74, 6) is 0.571. The van der Waals surface area contributed by atoms with Crippen molar-refractivity contribution in [1.29, 1.82) is 0 Å². The number of Topliss-reactive ketones (excluding diaryl/α,β-unsaturated/α-hetero) is 1. The van der Waals surface area contributed by atoms with Gasteiger partial charge in [0.2, 0.25) is 0 Å². The summed E-state index contributed by atoms with van der Waals surface area (Å²) in [6.07, 6.45) is 1.03. The molecule has 0 bridgehead atoms. The number of nitro benzene ring substituents is 1. The molecule has 0 amide bonds. The monoisotopic (exact) mass is 426 g/mol. The van der Waals surface area contributed by atoms with E-state index in [9.17, 15) is 19.7 Å². The molecule has 0 spiro atoms. The van der Waals surface area contributed by atoms with Gasteiger partial charge in [0.15, 0.2) is 10.9 Å². The van der Waals surface area contributed by atoms with Crippen molar-refractivity contribution in [2.75, 3.05) is 11.1 Å². The maximum absolute atomic E-state index is 13.2. The summed E-state index contributed by atoms with van der Waals surface area (Å²) in [7, 11) is 0. The van der Waals surface area contributed by atoms with Gasteiger partial charge in [-0.3, -0.25) is 19.7 Å². The minimum Gasteiger partial charge on any atom is -0.343 e. The van der Waals surface area contributed by atoms with Crippen molar-refractivity contribution in [1.82, 2.24) is 9.97 Å². The molecule has 30 heavy (non-hydrogen) atoms. The van der Waals surface area contributed by atoms with E-state index in [1.807, 2.05) is 20.8 Å². The van der Waals surface area contributed by atoms with Crippen LogP contribution in [0.3, 0.4) is 0 Å². The normalized spacial score (nSPS) is 19.7. The first-order chi connectivity index (χ1) is 14.2. The molecule has 1 aromatic heterocycles. The second-order valence-corrected chi connectivity index (χ2v) is 9.56. The third-order valence-corrected chi connectivity index (χ3v) is 6.17. The van der Waals surface area contributed by atoms with Gasteiger partial charge in [-0.05, 0) is 23.2 Å².